The van der Waals surface area contributed by atoms with E-state index in [0.29, 0.717) is 36.0 Å². The first kappa shape index (κ1) is 22.7. The normalized spacial score (nSPS) is 10.2. The van der Waals surface area contributed by atoms with E-state index in [4.69, 9.17) is 9.47 Å². The van der Waals surface area contributed by atoms with Crippen LogP contribution in [0.2, 0.25) is 0 Å². The Bertz CT molecular complexity index is 915. The van der Waals surface area contributed by atoms with Crippen LogP contribution in [0.4, 0.5) is 11.4 Å². The van der Waals surface area contributed by atoms with Crippen LogP contribution in [0.1, 0.15) is 19.4 Å². The molecule has 0 aliphatic carbocycles. The van der Waals surface area contributed by atoms with E-state index < -0.39 is 16.7 Å². The molecule has 0 unspecified atom stereocenters. The van der Waals surface area contributed by atoms with Crippen LogP contribution in [-0.2, 0) is 16.0 Å². The highest BCUT2D eigenvalue weighted by Crippen LogP contribution is 2.30. The highest BCUT2D eigenvalue weighted by Gasteiger charge is 2.19. The first-order chi connectivity index (χ1) is 14.3. The fourth-order valence-electron chi connectivity index (χ4n) is 2.77. The van der Waals surface area contributed by atoms with Crippen LogP contribution in [0.15, 0.2) is 42.5 Å². The molecule has 160 valence electrons. The number of amides is 2. The smallest absolute Gasteiger partial charge is 0.273 e. The lowest BCUT2D eigenvalue weighted by Gasteiger charge is -2.17. The van der Waals surface area contributed by atoms with E-state index in [1.165, 1.54) is 30.1 Å². The molecule has 0 spiro atoms. The van der Waals surface area contributed by atoms with Gasteiger partial charge in [-0.2, -0.15) is 0 Å². The van der Waals surface area contributed by atoms with Gasteiger partial charge in [-0.15, -0.1) is 0 Å². The number of para-hydroxylation sites is 1. The van der Waals surface area contributed by atoms with E-state index in [-0.39, 0.29) is 18.7 Å². The summed E-state index contributed by atoms with van der Waals surface area (Å²) in [7, 11) is 1.47. The van der Waals surface area contributed by atoms with E-state index in [1.807, 2.05) is 13.8 Å². The van der Waals surface area contributed by atoms with Gasteiger partial charge >= 0.3 is 0 Å². The molecule has 0 atom stereocenters. The maximum atomic E-state index is 12.4. The van der Waals surface area contributed by atoms with Crippen molar-refractivity contribution in [3.05, 3.63) is 58.1 Å². The second-order valence-corrected chi connectivity index (χ2v) is 6.39. The lowest BCUT2D eigenvalue weighted by Crippen LogP contribution is -2.35. The number of benzene rings is 2. The number of carbonyl (C=O) groups is 2. The minimum Gasteiger partial charge on any atom is -0.490 e. The van der Waals surface area contributed by atoms with Crippen molar-refractivity contribution in [1.29, 1.82) is 0 Å². The number of likely N-dealkylation sites (N-methyl/N-ethyl adjacent to an activating group) is 1. The molecule has 2 rings (SSSR count). The predicted molar refractivity (Wildman–Crippen MR) is 112 cm³/mol. The van der Waals surface area contributed by atoms with Crippen molar-refractivity contribution in [2.75, 3.05) is 32.1 Å². The largest absolute Gasteiger partial charge is 0.490 e. The van der Waals surface area contributed by atoms with E-state index in [0.717, 1.165) is 0 Å². The number of rotatable bonds is 10. The van der Waals surface area contributed by atoms with Crippen molar-refractivity contribution in [2.24, 2.45) is 0 Å². The van der Waals surface area contributed by atoms with Gasteiger partial charge in [0.1, 0.15) is 0 Å². The number of anilines is 1. The fraction of sp³-hybridized carbons (Fsp3) is 0.333. The van der Waals surface area contributed by atoms with Crippen LogP contribution in [0.3, 0.4) is 0 Å². The summed E-state index contributed by atoms with van der Waals surface area (Å²) < 4.78 is 11.0. The van der Waals surface area contributed by atoms with Crippen LogP contribution < -0.4 is 14.8 Å². The zero-order valence-corrected chi connectivity index (χ0v) is 17.2. The lowest BCUT2D eigenvalue weighted by atomic mass is 10.1. The fourth-order valence-corrected chi connectivity index (χ4v) is 2.77. The van der Waals surface area contributed by atoms with Gasteiger partial charge in [-0.1, -0.05) is 18.2 Å². The molecule has 9 heteroatoms. The average molecular weight is 415 g/mol. The second-order valence-electron chi connectivity index (χ2n) is 6.39. The molecule has 0 saturated heterocycles. The molecule has 2 amide bonds. The number of nitrogens with one attached hydrogen (secondary N) is 1. The molecule has 2 aromatic rings. The molecule has 9 nitrogen and oxygen atoms in total. The van der Waals surface area contributed by atoms with Crippen molar-refractivity contribution >= 4 is 23.2 Å². The maximum Gasteiger partial charge on any atom is 0.273 e. The van der Waals surface area contributed by atoms with Gasteiger partial charge in [0.05, 0.1) is 31.1 Å². The van der Waals surface area contributed by atoms with Gasteiger partial charge in [0.25, 0.3) is 5.69 Å². The Balaban J connectivity index is 2.00. The van der Waals surface area contributed by atoms with Crippen LogP contribution in [0.25, 0.3) is 0 Å². The summed E-state index contributed by atoms with van der Waals surface area (Å²) in [5.74, 6) is 0.285. The predicted octanol–water partition coefficient (Wildman–Crippen LogP) is 3.03. The topological polar surface area (TPSA) is 111 Å². The van der Waals surface area contributed by atoms with Gasteiger partial charge in [0.15, 0.2) is 11.5 Å². The summed E-state index contributed by atoms with van der Waals surface area (Å²) in [5.41, 5.74) is 0.681. The molecule has 0 saturated carbocycles. The summed E-state index contributed by atoms with van der Waals surface area (Å²) in [6, 6.07) is 11.1. The molecule has 30 heavy (non-hydrogen) atoms. The Morgan fingerprint density at radius 2 is 1.73 bits per heavy atom. The Kier molecular flexibility index (Phi) is 8.16. The minimum absolute atomic E-state index is 0.124. The quantitative estimate of drug-likeness (QED) is 0.472. The molecule has 0 heterocycles. The third-order valence-electron chi connectivity index (χ3n) is 4.16. The summed E-state index contributed by atoms with van der Waals surface area (Å²) in [5, 5.41) is 13.8. The third kappa shape index (κ3) is 6.20. The molecule has 0 radical (unpaired) electrons. The van der Waals surface area contributed by atoms with Gasteiger partial charge in [-0.05, 0) is 26.0 Å². The number of carbonyl (C=O) groups excluding carboxylic acids is 2. The zero-order valence-electron chi connectivity index (χ0n) is 17.2. The number of nitrogens with zero attached hydrogens (tertiary/aromatic N) is 2. The molecule has 2 aromatic carbocycles. The second kappa shape index (κ2) is 10.8. The third-order valence-corrected chi connectivity index (χ3v) is 4.16. The molecule has 0 bridgehead atoms. The van der Waals surface area contributed by atoms with E-state index >= 15 is 0 Å². The average Bonchev–Trinajstić information content (AvgIpc) is 2.70. The zero-order chi connectivity index (χ0) is 22.1. The first-order valence-corrected chi connectivity index (χ1v) is 9.51. The summed E-state index contributed by atoms with van der Waals surface area (Å²) in [4.78, 5) is 36.6. The molecule has 0 fully saturated rings. The Morgan fingerprint density at radius 3 is 2.40 bits per heavy atom. The van der Waals surface area contributed by atoms with E-state index in [1.54, 1.807) is 24.3 Å². The standard InChI is InChI=1S/C21H25N3O6/c1-4-29-18-11-10-16(13-19(18)30-5-2)22-20(25)14-23(3)21(26)12-15-8-6-7-9-17(15)24(27)28/h6-11,13H,4-5,12,14H2,1-3H3,(H,22,25). The lowest BCUT2D eigenvalue weighted by molar-refractivity contribution is -0.385. The Hall–Kier alpha value is -3.62. The Labute approximate surface area is 174 Å². The summed E-state index contributed by atoms with van der Waals surface area (Å²) in [6.45, 7) is 4.44. The van der Waals surface area contributed by atoms with Crippen molar-refractivity contribution in [3.63, 3.8) is 0 Å². The van der Waals surface area contributed by atoms with Gasteiger partial charge < -0.3 is 19.7 Å². The molecular weight excluding hydrogens is 390 g/mol. The van der Waals surface area contributed by atoms with E-state index in [2.05, 4.69) is 5.32 Å². The van der Waals surface area contributed by atoms with Crippen LogP contribution >= 0.6 is 0 Å². The number of hydrogen-bond acceptors (Lipinski definition) is 6. The van der Waals surface area contributed by atoms with Crippen molar-refractivity contribution in [3.8, 4) is 11.5 Å². The first-order valence-electron chi connectivity index (χ1n) is 9.51. The molecular formula is C21H25N3O6. The highest BCUT2D eigenvalue weighted by atomic mass is 16.6. The molecule has 1 N–H and O–H groups in total. The molecule has 0 aliphatic rings. The highest BCUT2D eigenvalue weighted by molar-refractivity contribution is 5.95. The van der Waals surface area contributed by atoms with Crippen molar-refractivity contribution < 1.29 is 24.0 Å². The van der Waals surface area contributed by atoms with Crippen LogP contribution in [-0.4, -0.2) is 48.4 Å². The SMILES string of the molecule is CCOc1ccc(NC(=O)CN(C)C(=O)Cc2ccccc2[N+](=O)[O-])cc1OCC. The molecule has 0 aromatic heterocycles. The summed E-state index contributed by atoms with van der Waals surface area (Å²) >= 11 is 0. The number of ether oxygens (including phenoxy) is 2. The number of hydrogen-bond donors (Lipinski definition) is 1. The minimum atomic E-state index is -0.531. The maximum absolute atomic E-state index is 12.4. The number of nitro groups is 1. The van der Waals surface area contributed by atoms with Gasteiger partial charge in [0, 0.05) is 30.4 Å². The van der Waals surface area contributed by atoms with E-state index in [9.17, 15) is 19.7 Å². The van der Waals surface area contributed by atoms with Crippen molar-refractivity contribution in [2.45, 2.75) is 20.3 Å². The van der Waals surface area contributed by atoms with Gasteiger partial charge in [-0.25, -0.2) is 0 Å². The molecule has 0 aliphatic heterocycles. The number of nitro benzene ring substituents is 1. The van der Waals surface area contributed by atoms with Gasteiger partial charge in [0.2, 0.25) is 11.8 Å². The van der Waals surface area contributed by atoms with Gasteiger partial charge in [-0.3, -0.25) is 19.7 Å². The van der Waals surface area contributed by atoms with Crippen molar-refractivity contribution in [1.82, 2.24) is 4.90 Å². The Morgan fingerprint density at radius 1 is 1.07 bits per heavy atom. The summed E-state index contributed by atoms with van der Waals surface area (Å²) in [6.07, 6.45) is -0.168. The van der Waals surface area contributed by atoms with Crippen LogP contribution in [0, 0.1) is 10.1 Å². The van der Waals surface area contributed by atoms with Crippen LogP contribution in [0.5, 0.6) is 11.5 Å². The monoisotopic (exact) mass is 415 g/mol.